The summed E-state index contributed by atoms with van der Waals surface area (Å²) in [5, 5.41) is 6.09. The van der Waals surface area contributed by atoms with Crippen LogP contribution in [0.15, 0.2) is 18.2 Å². The van der Waals surface area contributed by atoms with E-state index in [1.54, 1.807) is 30.1 Å². The first kappa shape index (κ1) is 16.6. The normalized spacial score (nSPS) is 18.5. The Morgan fingerprint density at radius 1 is 1.45 bits per heavy atom. The number of hydrogen-bond acceptors (Lipinski definition) is 4. The first-order chi connectivity index (χ1) is 10.1. The van der Waals surface area contributed by atoms with Crippen LogP contribution in [0.5, 0.6) is 5.75 Å². The average Bonchev–Trinajstić information content (AvgIpc) is 2.41. The molecule has 0 aromatic heterocycles. The van der Waals surface area contributed by atoms with Gasteiger partial charge in [0.25, 0.3) is 5.91 Å². The van der Waals surface area contributed by atoms with Crippen molar-refractivity contribution in [3.05, 3.63) is 18.2 Å². The number of hydrogen-bond donors (Lipinski definition) is 2. The molecule has 0 saturated carbocycles. The molecule has 7 heteroatoms. The summed E-state index contributed by atoms with van der Waals surface area (Å²) in [6, 6.07) is 5.35. The molecule has 0 aliphatic carbocycles. The maximum Gasteiger partial charge on any atom is 0.264 e. The summed E-state index contributed by atoms with van der Waals surface area (Å²) in [5.41, 5.74) is 1.37. The van der Waals surface area contributed by atoms with Crippen LogP contribution in [0.4, 0.5) is 11.4 Å². The van der Waals surface area contributed by atoms with Crippen LogP contribution in [0, 0.1) is 11.8 Å². The van der Waals surface area contributed by atoms with Gasteiger partial charge >= 0.3 is 0 Å². The Morgan fingerprint density at radius 3 is 2.82 bits per heavy atom. The molecule has 22 heavy (non-hydrogen) atoms. The number of halogens is 1. The zero-order valence-corrected chi connectivity index (χ0v) is 13.4. The lowest BCUT2D eigenvalue weighted by atomic mass is 9.88. The van der Waals surface area contributed by atoms with E-state index in [4.69, 9.17) is 4.74 Å². The first-order valence-electron chi connectivity index (χ1n) is 7.11. The summed E-state index contributed by atoms with van der Waals surface area (Å²) in [7, 11) is 1.71. The molecule has 0 spiro atoms. The Morgan fingerprint density at radius 2 is 2.18 bits per heavy atom. The van der Waals surface area contributed by atoms with Gasteiger partial charge < -0.3 is 20.3 Å². The Bertz CT molecular complexity index is 589. The van der Waals surface area contributed by atoms with E-state index in [9.17, 15) is 9.59 Å². The van der Waals surface area contributed by atoms with Gasteiger partial charge in [0.2, 0.25) is 5.91 Å². The van der Waals surface area contributed by atoms with Gasteiger partial charge in [-0.2, -0.15) is 0 Å². The third-order valence-electron chi connectivity index (χ3n) is 4.25. The van der Waals surface area contributed by atoms with Crippen LogP contribution in [-0.4, -0.2) is 38.6 Å². The van der Waals surface area contributed by atoms with Gasteiger partial charge in [0.05, 0.1) is 5.69 Å². The molecular formula is C15H20ClN3O3. The summed E-state index contributed by atoms with van der Waals surface area (Å²) < 4.78 is 5.37. The molecule has 1 atom stereocenters. The Labute approximate surface area is 135 Å². The Hall–Kier alpha value is -1.79. The molecule has 1 aromatic rings. The number of fused-ring (bicyclic) bond motifs is 1. The van der Waals surface area contributed by atoms with Crippen LogP contribution in [0.25, 0.3) is 0 Å². The highest BCUT2D eigenvalue weighted by Crippen LogP contribution is 2.33. The van der Waals surface area contributed by atoms with Crippen molar-refractivity contribution < 1.29 is 14.3 Å². The van der Waals surface area contributed by atoms with E-state index in [2.05, 4.69) is 10.6 Å². The van der Waals surface area contributed by atoms with Crippen molar-refractivity contribution in [1.29, 1.82) is 0 Å². The maximum atomic E-state index is 12.2. The molecule has 6 nitrogen and oxygen atoms in total. The van der Waals surface area contributed by atoms with Crippen molar-refractivity contribution >= 4 is 35.6 Å². The molecule has 2 heterocycles. The fourth-order valence-corrected chi connectivity index (χ4v) is 2.48. The number of ether oxygens (including phenoxy) is 1. The van der Waals surface area contributed by atoms with Crippen LogP contribution in [0.2, 0.25) is 0 Å². The minimum atomic E-state index is -0.0973. The van der Waals surface area contributed by atoms with Gasteiger partial charge in [-0.3, -0.25) is 9.59 Å². The van der Waals surface area contributed by atoms with Gasteiger partial charge in [0.1, 0.15) is 5.75 Å². The van der Waals surface area contributed by atoms with Gasteiger partial charge in [-0.1, -0.05) is 6.92 Å². The van der Waals surface area contributed by atoms with Crippen LogP contribution in [-0.2, 0) is 9.59 Å². The number of amides is 2. The summed E-state index contributed by atoms with van der Waals surface area (Å²) in [4.78, 5) is 25.4. The second-order valence-electron chi connectivity index (χ2n) is 5.62. The lowest BCUT2D eigenvalue weighted by Crippen LogP contribution is -2.48. The Kier molecular flexibility index (Phi) is 4.93. The topological polar surface area (TPSA) is 70.7 Å². The van der Waals surface area contributed by atoms with Crippen molar-refractivity contribution in [2.24, 2.45) is 11.8 Å². The highest BCUT2D eigenvalue weighted by Gasteiger charge is 2.29. The van der Waals surface area contributed by atoms with E-state index in [0.717, 1.165) is 13.1 Å². The minimum absolute atomic E-state index is 0. The maximum absolute atomic E-state index is 12.2. The molecule has 1 unspecified atom stereocenters. The number of nitrogens with one attached hydrogen (secondary N) is 2. The molecule has 1 fully saturated rings. The van der Waals surface area contributed by atoms with Gasteiger partial charge in [-0.25, -0.2) is 0 Å². The number of rotatable bonds is 3. The number of benzene rings is 1. The molecule has 0 bridgehead atoms. The fraction of sp³-hybridized carbons (Fsp3) is 0.467. The van der Waals surface area contributed by atoms with Crippen molar-refractivity contribution in [2.45, 2.75) is 6.92 Å². The summed E-state index contributed by atoms with van der Waals surface area (Å²) in [6.07, 6.45) is 0. The quantitative estimate of drug-likeness (QED) is 0.877. The van der Waals surface area contributed by atoms with E-state index >= 15 is 0 Å². The van der Waals surface area contributed by atoms with Gasteiger partial charge in [-0.05, 0) is 37.2 Å². The number of carbonyl (C=O) groups is 2. The zero-order valence-electron chi connectivity index (χ0n) is 12.6. The molecule has 2 amide bonds. The molecule has 120 valence electrons. The molecule has 2 aliphatic rings. The van der Waals surface area contributed by atoms with Crippen LogP contribution >= 0.6 is 12.4 Å². The molecule has 2 aliphatic heterocycles. The SMILES string of the molecule is CC(C(=O)Nc1ccc2c(c1)N(C)C(=O)CO2)C1CNC1.Cl. The number of anilines is 2. The van der Waals surface area contributed by atoms with Gasteiger partial charge in [0, 0.05) is 18.7 Å². The first-order valence-corrected chi connectivity index (χ1v) is 7.11. The third kappa shape index (κ3) is 3.03. The predicted octanol–water partition coefficient (Wildman–Crippen LogP) is 1.26. The lowest BCUT2D eigenvalue weighted by molar-refractivity contribution is -0.121. The lowest BCUT2D eigenvalue weighted by Gasteiger charge is -2.32. The fourth-order valence-electron chi connectivity index (χ4n) is 2.48. The highest BCUT2D eigenvalue weighted by atomic mass is 35.5. The van der Waals surface area contributed by atoms with Gasteiger partial charge in [0.15, 0.2) is 6.61 Å². The average molecular weight is 326 g/mol. The third-order valence-corrected chi connectivity index (χ3v) is 4.25. The summed E-state index contributed by atoms with van der Waals surface area (Å²) >= 11 is 0. The molecule has 0 radical (unpaired) electrons. The smallest absolute Gasteiger partial charge is 0.264 e. The van der Waals surface area contributed by atoms with Crippen LogP contribution in [0.3, 0.4) is 0 Å². The van der Waals surface area contributed by atoms with Gasteiger partial charge in [-0.15, -0.1) is 12.4 Å². The van der Waals surface area contributed by atoms with Crippen molar-refractivity contribution in [1.82, 2.24) is 5.32 Å². The molecule has 1 saturated heterocycles. The summed E-state index contributed by atoms with van der Waals surface area (Å²) in [6.45, 7) is 3.78. The van der Waals surface area contributed by atoms with Crippen LogP contribution < -0.4 is 20.3 Å². The van der Waals surface area contributed by atoms with E-state index in [1.165, 1.54) is 0 Å². The van der Waals surface area contributed by atoms with Crippen molar-refractivity contribution in [2.75, 3.05) is 37.0 Å². The minimum Gasteiger partial charge on any atom is -0.482 e. The van der Waals surface area contributed by atoms with E-state index in [-0.39, 0.29) is 36.7 Å². The predicted molar refractivity (Wildman–Crippen MR) is 86.7 cm³/mol. The standard InChI is InChI=1S/C15H19N3O3.ClH/c1-9(10-6-16-7-10)15(20)17-11-3-4-13-12(5-11)18(2)14(19)8-21-13;/h3-5,9-10,16H,6-8H2,1-2H3,(H,17,20);1H. The summed E-state index contributed by atoms with van der Waals surface area (Å²) in [5.74, 6) is 0.937. The molecular weight excluding hydrogens is 306 g/mol. The van der Waals surface area contributed by atoms with Crippen LogP contribution in [0.1, 0.15) is 6.92 Å². The van der Waals surface area contributed by atoms with E-state index in [1.807, 2.05) is 6.92 Å². The molecule has 3 rings (SSSR count). The monoisotopic (exact) mass is 325 g/mol. The number of likely N-dealkylation sites (N-methyl/N-ethyl adjacent to an activating group) is 1. The highest BCUT2D eigenvalue weighted by molar-refractivity contribution is 5.99. The van der Waals surface area contributed by atoms with E-state index in [0.29, 0.717) is 23.0 Å². The van der Waals surface area contributed by atoms with Crippen molar-refractivity contribution in [3.8, 4) is 5.75 Å². The van der Waals surface area contributed by atoms with Crippen molar-refractivity contribution in [3.63, 3.8) is 0 Å². The van der Waals surface area contributed by atoms with E-state index < -0.39 is 0 Å². The Balaban J connectivity index is 0.00000176. The number of nitrogens with zero attached hydrogens (tertiary/aromatic N) is 1. The number of carbonyl (C=O) groups excluding carboxylic acids is 2. The second-order valence-corrected chi connectivity index (χ2v) is 5.62. The largest absolute Gasteiger partial charge is 0.482 e. The zero-order chi connectivity index (χ0) is 15.0. The molecule has 1 aromatic carbocycles. The molecule has 2 N–H and O–H groups in total. The second kappa shape index (κ2) is 6.54.